The first-order chi connectivity index (χ1) is 12.0. The molecule has 1 aliphatic heterocycles. The molecule has 1 saturated heterocycles. The molecule has 4 N–H and O–H groups in total. The Kier molecular flexibility index (Phi) is 10.1. The normalized spacial score (nSPS) is 18.6. The fourth-order valence-corrected chi connectivity index (χ4v) is 3.62. The maximum atomic E-state index is 12.0. The fourth-order valence-electron chi connectivity index (χ4n) is 2.66. The van der Waals surface area contributed by atoms with Gasteiger partial charge in [-0.2, -0.15) is 0 Å². The molecule has 0 spiro atoms. The molecular weight excluding hydrogens is 378 g/mol. The molecule has 1 aromatic rings. The Bertz CT molecular complexity index is 637. The molecular formula is C17H28ClN3O4S. The maximum absolute atomic E-state index is 12.0. The molecule has 1 fully saturated rings. The highest BCUT2D eigenvalue weighted by atomic mass is 35.5. The Balaban J connectivity index is 0.00000338. The molecule has 1 aromatic carbocycles. The number of nitrogens with two attached hydrogens (primary N) is 1. The molecule has 0 saturated carbocycles. The van der Waals surface area contributed by atoms with E-state index in [0.717, 1.165) is 24.8 Å². The summed E-state index contributed by atoms with van der Waals surface area (Å²) >= 11 is 0. The molecule has 7 nitrogen and oxygen atoms in total. The van der Waals surface area contributed by atoms with Crippen LogP contribution in [0.2, 0.25) is 0 Å². The number of carbonyl (C=O) groups is 1. The lowest BCUT2D eigenvalue weighted by atomic mass is 10.1. The molecule has 0 bridgehead atoms. The summed E-state index contributed by atoms with van der Waals surface area (Å²) in [5, 5.41) is 2.58. The van der Waals surface area contributed by atoms with Crippen LogP contribution in [0, 0.1) is 0 Å². The summed E-state index contributed by atoms with van der Waals surface area (Å²) in [6.07, 6.45) is 3.31. The number of ether oxygens (including phenoxy) is 1. The third-order valence-electron chi connectivity index (χ3n) is 4.11. The summed E-state index contributed by atoms with van der Waals surface area (Å²) in [5.41, 5.74) is 6.83. The third kappa shape index (κ3) is 8.46. The van der Waals surface area contributed by atoms with Gasteiger partial charge in [0.05, 0.1) is 17.9 Å². The number of hydrogen-bond donors (Lipinski definition) is 3. The Hall–Kier alpha value is -1.19. The zero-order chi connectivity index (χ0) is 18.1. The van der Waals surface area contributed by atoms with Crippen molar-refractivity contribution in [3.05, 3.63) is 35.9 Å². The number of hydrogen-bond acceptors (Lipinski definition) is 5. The molecule has 26 heavy (non-hydrogen) atoms. The summed E-state index contributed by atoms with van der Waals surface area (Å²) in [6, 6.07) is 8.76. The minimum atomic E-state index is -3.45. The summed E-state index contributed by atoms with van der Waals surface area (Å²) in [7, 11) is -3.45. The van der Waals surface area contributed by atoms with Gasteiger partial charge in [0.25, 0.3) is 0 Å². The van der Waals surface area contributed by atoms with Gasteiger partial charge in [0.15, 0.2) is 0 Å². The summed E-state index contributed by atoms with van der Waals surface area (Å²) in [6.45, 7) is 0.994. The van der Waals surface area contributed by atoms with Gasteiger partial charge in [-0.3, -0.25) is 4.79 Å². The molecule has 1 aliphatic rings. The van der Waals surface area contributed by atoms with Crippen molar-refractivity contribution in [3.8, 4) is 0 Å². The van der Waals surface area contributed by atoms with E-state index in [1.54, 1.807) is 0 Å². The molecule has 0 radical (unpaired) electrons. The molecule has 0 aromatic heterocycles. The van der Waals surface area contributed by atoms with E-state index >= 15 is 0 Å². The number of sulfonamides is 1. The van der Waals surface area contributed by atoms with Gasteiger partial charge in [0, 0.05) is 19.7 Å². The fraction of sp³-hybridized carbons (Fsp3) is 0.588. The van der Waals surface area contributed by atoms with Gasteiger partial charge in [-0.25, -0.2) is 13.1 Å². The largest absolute Gasteiger partial charge is 0.377 e. The van der Waals surface area contributed by atoms with Crippen molar-refractivity contribution in [3.63, 3.8) is 0 Å². The number of amides is 1. The zero-order valence-corrected chi connectivity index (χ0v) is 16.4. The Labute approximate surface area is 161 Å². The minimum absolute atomic E-state index is 0. The highest BCUT2D eigenvalue weighted by Gasteiger charge is 2.19. The van der Waals surface area contributed by atoms with Crippen molar-refractivity contribution >= 4 is 28.3 Å². The first-order valence-corrected chi connectivity index (χ1v) is 10.3. The second-order valence-corrected chi connectivity index (χ2v) is 8.17. The van der Waals surface area contributed by atoms with Crippen LogP contribution in [0.3, 0.4) is 0 Å². The second-order valence-electron chi connectivity index (χ2n) is 6.24. The van der Waals surface area contributed by atoms with Crippen LogP contribution in [0.5, 0.6) is 0 Å². The average Bonchev–Trinajstić information content (AvgIpc) is 2.61. The van der Waals surface area contributed by atoms with Crippen LogP contribution >= 0.6 is 12.4 Å². The highest BCUT2D eigenvalue weighted by Crippen LogP contribution is 2.11. The van der Waals surface area contributed by atoms with Crippen LogP contribution in [0.4, 0.5) is 0 Å². The van der Waals surface area contributed by atoms with Crippen molar-refractivity contribution in [2.75, 3.05) is 25.4 Å². The van der Waals surface area contributed by atoms with Gasteiger partial charge in [0.1, 0.15) is 0 Å². The number of rotatable bonds is 9. The van der Waals surface area contributed by atoms with Crippen LogP contribution in [-0.4, -0.2) is 51.9 Å². The maximum Gasteiger partial charge on any atom is 0.237 e. The molecule has 9 heteroatoms. The quantitative estimate of drug-likeness (QED) is 0.556. The van der Waals surface area contributed by atoms with Crippen LogP contribution in [-0.2, 0) is 26.0 Å². The van der Waals surface area contributed by atoms with E-state index in [2.05, 4.69) is 10.0 Å². The van der Waals surface area contributed by atoms with Crippen LogP contribution in [0.15, 0.2) is 30.3 Å². The number of halogens is 1. The Morgan fingerprint density at radius 3 is 2.65 bits per heavy atom. The van der Waals surface area contributed by atoms with Crippen molar-refractivity contribution in [1.82, 2.24) is 10.0 Å². The first-order valence-electron chi connectivity index (χ1n) is 8.62. The minimum Gasteiger partial charge on any atom is -0.377 e. The third-order valence-corrected chi connectivity index (χ3v) is 5.46. The van der Waals surface area contributed by atoms with Gasteiger partial charge < -0.3 is 15.8 Å². The van der Waals surface area contributed by atoms with E-state index in [0.29, 0.717) is 13.0 Å². The first kappa shape index (κ1) is 22.9. The molecule has 2 atom stereocenters. The smallest absolute Gasteiger partial charge is 0.237 e. The highest BCUT2D eigenvalue weighted by molar-refractivity contribution is 7.89. The standard InChI is InChI=1S/C17H27N3O4S.ClH/c18-16(12-14-6-2-1-3-7-14)17(21)19-9-11-25(22,23)20-13-15-8-4-5-10-24-15;/h1-3,6-7,15-16,20H,4-5,8-13,18H2,(H,19,21);1H/t15?,16-;/m0./s1. The lowest BCUT2D eigenvalue weighted by Gasteiger charge is -2.22. The molecule has 2 rings (SSSR count). The second kappa shape index (κ2) is 11.5. The molecule has 1 unspecified atom stereocenters. The van der Waals surface area contributed by atoms with Crippen molar-refractivity contribution < 1.29 is 17.9 Å². The molecule has 1 amide bonds. The van der Waals surface area contributed by atoms with Gasteiger partial charge in [-0.1, -0.05) is 30.3 Å². The van der Waals surface area contributed by atoms with Crippen LogP contribution in [0.1, 0.15) is 24.8 Å². The summed E-state index contributed by atoms with van der Waals surface area (Å²) in [5.74, 6) is -0.529. The van der Waals surface area contributed by atoms with E-state index < -0.39 is 16.1 Å². The van der Waals surface area contributed by atoms with E-state index in [1.165, 1.54) is 0 Å². The van der Waals surface area contributed by atoms with Gasteiger partial charge in [0.2, 0.25) is 15.9 Å². The molecule has 1 heterocycles. The average molecular weight is 406 g/mol. The van der Waals surface area contributed by atoms with E-state index in [9.17, 15) is 13.2 Å². The Morgan fingerprint density at radius 2 is 2.00 bits per heavy atom. The summed E-state index contributed by atoms with van der Waals surface area (Å²) in [4.78, 5) is 12.0. The topological polar surface area (TPSA) is 111 Å². The van der Waals surface area contributed by atoms with E-state index in [4.69, 9.17) is 10.5 Å². The molecule has 148 valence electrons. The monoisotopic (exact) mass is 405 g/mol. The van der Waals surface area contributed by atoms with Crippen molar-refractivity contribution in [1.29, 1.82) is 0 Å². The van der Waals surface area contributed by atoms with Crippen LogP contribution in [0.25, 0.3) is 0 Å². The van der Waals surface area contributed by atoms with Gasteiger partial charge in [-0.05, 0) is 31.2 Å². The summed E-state index contributed by atoms with van der Waals surface area (Å²) < 4.78 is 32.0. The predicted octanol–water partition coefficient (Wildman–Crippen LogP) is 0.583. The van der Waals surface area contributed by atoms with Gasteiger partial charge >= 0.3 is 0 Å². The Morgan fingerprint density at radius 1 is 1.27 bits per heavy atom. The predicted molar refractivity (Wildman–Crippen MR) is 104 cm³/mol. The van der Waals surface area contributed by atoms with E-state index in [-0.39, 0.29) is 43.3 Å². The molecule has 0 aliphatic carbocycles. The number of carbonyl (C=O) groups excluding carboxylic acids is 1. The van der Waals surface area contributed by atoms with Crippen molar-refractivity contribution in [2.24, 2.45) is 5.73 Å². The number of benzene rings is 1. The SMILES string of the molecule is Cl.N[C@@H](Cc1ccccc1)C(=O)NCCS(=O)(=O)NCC1CCCCO1. The van der Waals surface area contributed by atoms with Crippen molar-refractivity contribution in [2.45, 2.75) is 37.8 Å². The van der Waals surface area contributed by atoms with E-state index in [1.807, 2.05) is 30.3 Å². The lowest BCUT2D eigenvalue weighted by Crippen LogP contribution is -2.45. The lowest BCUT2D eigenvalue weighted by molar-refractivity contribution is -0.122. The number of nitrogens with one attached hydrogen (secondary N) is 2. The van der Waals surface area contributed by atoms with Crippen LogP contribution < -0.4 is 15.8 Å². The zero-order valence-electron chi connectivity index (χ0n) is 14.7. The van der Waals surface area contributed by atoms with Gasteiger partial charge in [-0.15, -0.1) is 12.4 Å².